The number of aryl methyl sites for hydroxylation is 1. The molecule has 3 atom stereocenters. The molecule has 2 fully saturated rings. The second-order valence-electron chi connectivity index (χ2n) is 12.9. The molecule has 1 aromatic carbocycles. The van der Waals surface area contributed by atoms with Crippen LogP contribution in [0.2, 0.25) is 0 Å². The van der Waals surface area contributed by atoms with E-state index in [2.05, 4.69) is 21.3 Å². The zero-order valence-corrected chi connectivity index (χ0v) is 26.1. The molecule has 0 bridgehead atoms. The van der Waals surface area contributed by atoms with E-state index in [4.69, 9.17) is 14.6 Å². The predicted octanol–water partition coefficient (Wildman–Crippen LogP) is 6.28. The van der Waals surface area contributed by atoms with Gasteiger partial charge in [-0.2, -0.15) is 10.4 Å². The van der Waals surface area contributed by atoms with Crippen molar-refractivity contribution < 1.29 is 18.7 Å². The van der Waals surface area contributed by atoms with Crippen molar-refractivity contribution in [1.82, 2.24) is 24.1 Å². The van der Waals surface area contributed by atoms with Crippen LogP contribution in [0.4, 0.5) is 26.4 Å². The summed E-state index contributed by atoms with van der Waals surface area (Å²) < 4.78 is 30.2. The highest BCUT2D eigenvalue weighted by Crippen LogP contribution is 2.37. The topological polar surface area (TPSA) is 113 Å². The molecule has 6 rings (SSSR count). The third-order valence-electron chi connectivity index (χ3n) is 8.12. The third kappa shape index (κ3) is 5.64. The number of amides is 1. The number of carbonyl (C=O) groups is 1. The molecule has 0 radical (unpaired) electrons. The molecule has 5 heterocycles. The largest absolute Gasteiger partial charge is 0.444 e. The number of nitrogens with one attached hydrogen (secondary N) is 1. The molecule has 232 valence electrons. The van der Waals surface area contributed by atoms with Gasteiger partial charge in [-0.1, -0.05) is 0 Å². The molecule has 0 saturated carbocycles. The quantitative estimate of drug-likeness (QED) is 0.290. The van der Waals surface area contributed by atoms with E-state index in [0.717, 1.165) is 30.5 Å². The number of carbonyl (C=O) groups excluding carboxylic acids is 1. The van der Waals surface area contributed by atoms with Crippen molar-refractivity contribution >= 4 is 39.8 Å². The minimum atomic E-state index is -0.582. The van der Waals surface area contributed by atoms with Crippen LogP contribution in [0, 0.1) is 24.1 Å². The smallest absolute Gasteiger partial charge is 0.410 e. The van der Waals surface area contributed by atoms with Crippen molar-refractivity contribution in [2.45, 2.75) is 84.7 Å². The summed E-state index contributed by atoms with van der Waals surface area (Å²) in [6.45, 7) is 13.2. The van der Waals surface area contributed by atoms with Crippen LogP contribution in [-0.4, -0.2) is 67.5 Å². The Hall–Kier alpha value is -4.37. The van der Waals surface area contributed by atoms with E-state index >= 15 is 0 Å². The van der Waals surface area contributed by atoms with Crippen molar-refractivity contribution in [3.63, 3.8) is 0 Å². The number of pyridine rings is 1. The Morgan fingerprint density at radius 2 is 1.91 bits per heavy atom. The van der Waals surface area contributed by atoms with Gasteiger partial charge >= 0.3 is 6.09 Å². The minimum absolute atomic E-state index is 0.115. The summed E-state index contributed by atoms with van der Waals surface area (Å²) in [7, 11) is 0. The summed E-state index contributed by atoms with van der Waals surface area (Å²) in [6, 6.07) is 7.44. The number of benzene rings is 1. The van der Waals surface area contributed by atoms with Gasteiger partial charge in [0.1, 0.15) is 11.7 Å². The number of hydrogen-bond donors (Lipinski definition) is 1. The van der Waals surface area contributed by atoms with Crippen molar-refractivity contribution in [2.75, 3.05) is 29.9 Å². The fraction of sp³-hybridized carbons (Fsp3) is 0.500. The highest BCUT2D eigenvalue weighted by Gasteiger charge is 2.36. The van der Waals surface area contributed by atoms with E-state index in [1.165, 1.54) is 6.07 Å². The predicted molar refractivity (Wildman–Crippen MR) is 166 cm³/mol. The molecule has 2 saturated heterocycles. The molecular weight excluding hydrogens is 563 g/mol. The SMILES string of the molecule is Cc1cn2cc(Nc3nn(C4CCCCO4)c4cc(N5C[C@@H](C)N(C(=O)OC(C)(C)C)[C@@H](C)C5)cc(C#N)c34)cc(F)c2n1. The normalized spacial score (nSPS) is 21.1. The fourth-order valence-corrected chi connectivity index (χ4v) is 6.34. The molecule has 0 aliphatic carbocycles. The average Bonchev–Trinajstić information content (AvgIpc) is 3.51. The van der Waals surface area contributed by atoms with E-state index in [0.29, 0.717) is 47.8 Å². The van der Waals surface area contributed by atoms with E-state index < -0.39 is 11.4 Å². The van der Waals surface area contributed by atoms with Crippen LogP contribution in [0.15, 0.2) is 30.6 Å². The number of imidazole rings is 1. The number of piperazine rings is 1. The van der Waals surface area contributed by atoms with Crippen LogP contribution in [-0.2, 0) is 9.47 Å². The Labute approximate surface area is 256 Å². The van der Waals surface area contributed by atoms with Gasteiger partial charge in [-0.3, -0.25) is 4.90 Å². The Bertz CT molecular complexity index is 1750. The van der Waals surface area contributed by atoms with Gasteiger partial charge in [0.25, 0.3) is 0 Å². The molecule has 44 heavy (non-hydrogen) atoms. The highest BCUT2D eigenvalue weighted by atomic mass is 19.1. The number of ether oxygens (including phenoxy) is 2. The Balaban J connectivity index is 1.39. The van der Waals surface area contributed by atoms with Crippen LogP contribution in [0.25, 0.3) is 16.6 Å². The summed E-state index contributed by atoms with van der Waals surface area (Å²) >= 11 is 0. The molecule has 2 aliphatic rings. The summed E-state index contributed by atoms with van der Waals surface area (Å²) in [6.07, 6.45) is 5.68. The molecule has 1 unspecified atom stereocenters. The lowest BCUT2D eigenvalue weighted by molar-refractivity contribution is -0.0365. The lowest BCUT2D eigenvalue weighted by Gasteiger charge is -2.45. The first-order valence-electron chi connectivity index (χ1n) is 15.2. The summed E-state index contributed by atoms with van der Waals surface area (Å²) in [5.41, 5.74) is 2.91. The van der Waals surface area contributed by atoms with Gasteiger partial charge in [0.2, 0.25) is 0 Å². The maximum atomic E-state index is 14.9. The maximum Gasteiger partial charge on any atom is 0.410 e. The maximum absolute atomic E-state index is 14.9. The number of anilines is 3. The van der Waals surface area contributed by atoms with E-state index in [-0.39, 0.29) is 30.1 Å². The van der Waals surface area contributed by atoms with Gasteiger partial charge in [-0.05, 0) is 72.9 Å². The number of halogens is 1. The molecule has 1 amide bonds. The number of nitriles is 1. The molecule has 1 N–H and O–H groups in total. The third-order valence-corrected chi connectivity index (χ3v) is 8.12. The summed E-state index contributed by atoms with van der Waals surface area (Å²) in [5.74, 6) is -0.0108. The first-order valence-corrected chi connectivity index (χ1v) is 15.2. The number of hydrogen-bond acceptors (Lipinski definition) is 8. The fourth-order valence-electron chi connectivity index (χ4n) is 6.34. The number of aromatic nitrogens is 4. The van der Waals surface area contributed by atoms with E-state index in [9.17, 15) is 14.4 Å². The lowest BCUT2D eigenvalue weighted by atomic mass is 10.0. The standard InChI is InChI=1S/C32H39FN8O3/c1-19-15-39-18-23(12-25(33)30(39)35-19)36-29-28-22(14-34)11-24(13-26(28)41(37-29)27-9-7-8-10-43-27)38-16-20(2)40(21(3)17-38)31(42)44-32(4,5)6/h11-13,15,18,20-21,27H,7-10,16-17H2,1-6H3,(H,36,37)/t20-,21+,27?. The van der Waals surface area contributed by atoms with Crippen LogP contribution in [0.3, 0.4) is 0 Å². The summed E-state index contributed by atoms with van der Waals surface area (Å²) in [4.78, 5) is 21.2. The molecule has 4 aromatic rings. The van der Waals surface area contributed by atoms with Crippen LogP contribution in [0.5, 0.6) is 0 Å². The van der Waals surface area contributed by atoms with Crippen molar-refractivity contribution in [2.24, 2.45) is 0 Å². The molecule has 0 spiro atoms. The summed E-state index contributed by atoms with van der Waals surface area (Å²) in [5, 5.41) is 19.2. The van der Waals surface area contributed by atoms with Gasteiger partial charge < -0.3 is 24.1 Å². The van der Waals surface area contributed by atoms with Crippen molar-refractivity contribution in [3.8, 4) is 6.07 Å². The van der Waals surface area contributed by atoms with Gasteiger partial charge in [0.15, 0.2) is 23.5 Å². The van der Waals surface area contributed by atoms with Crippen molar-refractivity contribution in [3.05, 3.63) is 47.7 Å². The van der Waals surface area contributed by atoms with Crippen LogP contribution >= 0.6 is 0 Å². The molecule has 3 aromatic heterocycles. The molecular formula is C32H39FN8O3. The van der Waals surface area contributed by atoms with Crippen LogP contribution in [0.1, 0.15) is 71.4 Å². The van der Waals surface area contributed by atoms with Gasteiger partial charge in [0, 0.05) is 43.8 Å². The highest BCUT2D eigenvalue weighted by molar-refractivity contribution is 5.98. The zero-order valence-electron chi connectivity index (χ0n) is 26.1. The lowest BCUT2D eigenvalue weighted by Crippen LogP contribution is -2.59. The average molecular weight is 603 g/mol. The van der Waals surface area contributed by atoms with Gasteiger partial charge in [-0.25, -0.2) is 18.9 Å². The zero-order chi connectivity index (χ0) is 31.3. The first kappa shape index (κ1) is 29.7. The second kappa shape index (κ2) is 11.3. The number of rotatable bonds is 4. The van der Waals surface area contributed by atoms with Crippen molar-refractivity contribution in [1.29, 1.82) is 5.26 Å². The minimum Gasteiger partial charge on any atom is -0.444 e. The Morgan fingerprint density at radius 3 is 2.57 bits per heavy atom. The van der Waals surface area contributed by atoms with Crippen LogP contribution < -0.4 is 10.2 Å². The van der Waals surface area contributed by atoms with E-state index in [1.807, 2.05) is 58.4 Å². The van der Waals surface area contributed by atoms with Gasteiger partial charge in [0.05, 0.1) is 39.9 Å². The number of nitrogens with zero attached hydrogens (tertiary/aromatic N) is 7. The molecule has 12 heteroatoms. The second-order valence-corrected chi connectivity index (χ2v) is 12.9. The molecule has 11 nitrogen and oxygen atoms in total. The monoisotopic (exact) mass is 602 g/mol. The Morgan fingerprint density at radius 1 is 1.16 bits per heavy atom. The Kier molecular flexibility index (Phi) is 7.61. The van der Waals surface area contributed by atoms with Gasteiger partial charge in [-0.15, -0.1) is 0 Å². The van der Waals surface area contributed by atoms with E-state index in [1.54, 1.807) is 21.7 Å². The molecule has 2 aliphatic heterocycles. The first-order chi connectivity index (χ1) is 20.9. The number of fused-ring (bicyclic) bond motifs is 2.